The number of guanidine groups is 1. The summed E-state index contributed by atoms with van der Waals surface area (Å²) in [7, 11) is 0. The molecule has 12 N–H and O–H groups in total. The smallest absolute Gasteiger partial charge is 0.475 e. The fourth-order valence-electron chi connectivity index (χ4n) is 9.28. The number of carboxylic acid groups (broad SMARTS) is 1. The van der Waals surface area contributed by atoms with Crippen LogP contribution in [0.4, 0.5) is 13.2 Å². The summed E-state index contributed by atoms with van der Waals surface area (Å²) in [5, 5.41) is 25.3. The zero-order valence-electron chi connectivity index (χ0n) is 40.2. The van der Waals surface area contributed by atoms with Crippen molar-refractivity contribution >= 4 is 64.2 Å². The van der Waals surface area contributed by atoms with Crippen LogP contribution in [0.5, 0.6) is 0 Å². The molecule has 0 bridgehead atoms. The lowest BCUT2D eigenvalue weighted by molar-refractivity contribution is -0.192. The summed E-state index contributed by atoms with van der Waals surface area (Å²) in [4.78, 5) is 116. The van der Waals surface area contributed by atoms with E-state index in [4.69, 9.17) is 21.4 Å². The molecule has 2 saturated heterocycles. The maximum absolute atomic E-state index is 14.6. The first-order valence-electron chi connectivity index (χ1n) is 24.3. The van der Waals surface area contributed by atoms with Crippen LogP contribution in [0.25, 0.3) is 10.9 Å². The standard InChI is InChI=1S/C47H65N11O7.C2HF3O2/c1-29(59)53-37(25-30-13-4-2-5-14-30)42(61)55-36-20-11-22-50-41(60)35(19-10-23-51-47(48)49)54-44(63)39(27-32-28-52-34-18-9-8-17-33(32)34)56-43(62)38(26-31-15-6-3-7-16-31)57-45(64)40-21-12-24-58(40)46(36)65;3-2(4,5)1(6)7/h2,4-5,8-9,13-14,17-18,28,31,35-40,52H,3,6-7,10-12,15-16,19-27H2,1H3,(H,50,60)(H,53,59)(H,54,63)(H,55,61)(H,56,62)(H,57,64)(H4,48,49,51);(H,6,7)/t35-,36-,37-,38+,39-,40-;/m0./s1. The number of hydrogen-bond acceptors (Lipinski definition) is 9. The Morgan fingerprint density at radius 3 is 2.15 bits per heavy atom. The number of rotatable bonds is 13. The highest BCUT2D eigenvalue weighted by molar-refractivity contribution is 5.98. The van der Waals surface area contributed by atoms with Crippen LogP contribution in [0.15, 0.2) is 65.8 Å². The zero-order valence-corrected chi connectivity index (χ0v) is 40.2. The second kappa shape index (κ2) is 26.9. The normalized spacial score (nSPS) is 22.2. The highest BCUT2D eigenvalue weighted by Crippen LogP contribution is 2.28. The SMILES string of the molecule is CC(=O)N[C@@H](Cc1ccccc1)C(=O)N[C@H]1CCCNC(=O)[C@H](CCCN=C(N)N)NC(=O)[C@H](Cc2c[nH]c3ccccc23)NC(=O)[C@@H](CC2CCCCC2)NC(=O)[C@@H]2CCCN2C1=O.O=C(O)C(F)(F)F. The molecular formula is C49H66F3N11O9. The van der Waals surface area contributed by atoms with Crippen molar-refractivity contribution in [2.45, 2.75) is 139 Å². The summed E-state index contributed by atoms with van der Waals surface area (Å²) in [5.41, 5.74) is 13.5. The lowest BCUT2D eigenvalue weighted by atomic mass is 9.84. The van der Waals surface area contributed by atoms with E-state index in [1.165, 1.54) is 11.8 Å². The first kappa shape index (κ1) is 55.7. The van der Waals surface area contributed by atoms with Crippen LogP contribution in [-0.4, -0.2) is 130 Å². The summed E-state index contributed by atoms with van der Waals surface area (Å²) in [6.45, 7) is 1.82. The Bertz CT molecular complexity index is 2390. The number of aromatic nitrogens is 1. The van der Waals surface area contributed by atoms with Crippen LogP contribution in [0, 0.1) is 5.92 Å². The number of halogens is 3. The minimum Gasteiger partial charge on any atom is -0.475 e. The van der Waals surface area contributed by atoms with Gasteiger partial charge in [0, 0.05) is 56.5 Å². The average Bonchev–Trinajstić information content (AvgIpc) is 4.00. The molecule has 0 spiro atoms. The third-order valence-corrected chi connectivity index (χ3v) is 12.9. The van der Waals surface area contributed by atoms with Crippen molar-refractivity contribution in [3.8, 4) is 0 Å². The van der Waals surface area contributed by atoms with E-state index in [1.54, 1.807) is 6.20 Å². The molecule has 0 radical (unpaired) electrons. The van der Waals surface area contributed by atoms with Gasteiger partial charge in [-0.05, 0) is 68.1 Å². The molecule has 392 valence electrons. The van der Waals surface area contributed by atoms with Gasteiger partial charge in [-0.15, -0.1) is 0 Å². The number of aliphatic imine (C=N–C) groups is 1. The third kappa shape index (κ3) is 17.0. The van der Waals surface area contributed by atoms with Crippen molar-refractivity contribution in [2.24, 2.45) is 22.4 Å². The van der Waals surface area contributed by atoms with Crippen LogP contribution in [0.1, 0.15) is 95.1 Å². The molecule has 3 heterocycles. The molecular weight excluding hydrogens is 944 g/mol. The molecule has 6 rings (SSSR count). The Balaban J connectivity index is 0.00000128. The number of aromatic amines is 1. The van der Waals surface area contributed by atoms with Gasteiger partial charge in [0.2, 0.25) is 41.4 Å². The number of aliphatic carboxylic acids is 1. The second-order valence-corrected chi connectivity index (χ2v) is 18.4. The monoisotopic (exact) mass is 1010 g/mol. The quantitative estimate of drug-likeness (QED) is 0.0671. The Morgan fingerprint density at radius 1 is 0.819 bits per heavy atom. The van der Waals surface area contributed by atoms with Gasteiger partial charge in [-0.25, -0.2) is 4.79 Å². The van der Waals surface area contributed by atoms with Crippen molar-refractivity contribution in [3.63, 3.8) is 0 Å². The largest absolute Gasteiger partial charge is 0.490 e. The molecule has 6 atom stereocenters. The zero-order chi connectivity index (χ0) is 52.4. The number of hydrogen-bond donors (Lipinski definition) is 10. The predicted octanol–water partition coefficient (Wildman–Crippen LogP) is 1.96. The molecule has 72 heavy (non-hydrogen) atoms. The molecule has 20 nitrogen and oxygen atoms in total. The molecule has 2 aromatic carbocycles. The number of benzene rings is 2. The molecule has 1 aromatic heterocycles. The molecule has 3 aliphatic rings. The number of nitrogens with one attached hydrogen (secondary N) is 7. The molecule has 3 fully saturated rings. The molecule has 23 heteroatoms. The first-order valence-corrected chi connectivity index (χ1v) is 24.3. The van der Waals surface area contributed by atoms with Crippen molar-refractivity contribution in [1.82, 2.24) is 41.8 Å². The van der Waals surface area contributed by atoms with Gasteiger partial charge in [0.05, 0.1) is 0 Å². The predicted molar refractivity (Wildman–Crippen MR) is 259 cm³/mol. The van der Waals surface area contributed by atoms with E-state index in [1.807, 2.05) is 54.6 Å². The highest BCUT2D eigenvalue weighted by atomic mass is 19.4. The van der Waals surface area contributed by atoms with Crippen LogP contribution < -0.4 is 43.4 Å². The average molecular weight is 1010 g/mol. The van der Waals surface area contributed by atoms with E-state index < -0.39 is 89.7 Å². The fourth-order valence-corrected chi connectivity index (χ4v) is 9.28. The van der Waals surface area contributed by atoms with Crippen LogP contribution in [0.3, 0.4) is 0 Å². The number of carbonyl (C=O) groups is 8. The lowest BCUT2D eigenvalue weighted by Gasteiger charge is -2.32. The number of nitrogens with two attached hydrogens (primary N) is 2. The number of H-pyrrole nitrogens is 1. The van der Waals surface area contributed by atoms with E-state index in [9.17, 15) is 46.7 Å². The number of alkyl halides is 3. The van der Waals surface area contributed by atoms with Crippen molar-refractivity contribution in [2.75, 3.05) is 19.6 Å². The Morgan fingerprint density at radius 2 is 1.47 bits per heavy atom. The number of nitrogens with zero attached hydrogens (tertiary/aromatic N) is 2. The fraction of sp³-hybridized carbons (Fsp3) is 0.531. The van der Waals surface area contributed by atoms with Gasteiger partial charge in [0.15, 0.2) is 5.96 Å². The summed E-state index contributed by atoms with van der Waals surface area (Å²) in [6, 6.07) is 10.5. The van der Waals surface area contributed by atoms with Gasteiger partial charge in [0.25, 0.3) is 0 Å². The number of para-hydroxylation sites is 1. The minimum absolute atomic E-state index is 0.0696. The Labute approximate surface area is 414 Å². The Kier molecular flexibility index (Phi) is 20.8. The summed E-state index contributed by atoms with van der Waals surface area (Å²) < 4.78 is 31.7. The molecule has 7 amide bonds. The topological polar surface area (TPSA) is 312 Å². The number of carbonyl (C=O) groups excluding carboxylic acids is 7. The molecule has 1 saturated carbocycles. The van der Waals surface area contributed by atoms with Crippen molar-refractivity contribution < 1.29 is 56.6 Å². The van der Waals surface area contributed by atoms with Gasteiger partial charge in [-0.3, -0.25) is 38.6 Å². The maximum atomic E-state index is 14.6. The van der Waals surface area contributed by atoms with Crippen LogP contribution >= 0.6 is 0 Å². The number of fused-ring (bicyclic) bond motifs is 2. The highest BCUT2D eigenvalue weighted by Gasteiger charge is 2.41. The van der Waals surface area contributed by atoms with E-state index in [-0.39, 0.29) is 63.6 Å². The minimum atomic E-state index is -5.08. The number of carboxylic acids is 1. The summed E-state index contributed by atoms with van der Waals surface area (Å²) in [6.07, 6.45) is 3.79. The van der Waals surface area contributed by atoms with Gasteiger partial charge < -0.3 is 58.4 Å². The maximum Gasteiger partial charge on any atom is 0.490 e. The molecule has 0 unspecified atom stereocenters. The van der Waals surface area contributed by atoms with Crippen molar-refractivity contribution in [3.05, 3.63) is 71.9 Å². The summed E-state index contributed by atoms with van der Waals surface area (Å²) in [5.74, 6) is -6.35. The number of amides is 7. The molecule has 2 aliphatic heterocycles. The van der Waals surface area contributed by atoms with E-state index in [0.29, 0.717) is 25.7 Å². The van der Waals surface area contributed by atoms with E-state index >= 15 is 0 Å². The van der Waals surface area contributed by atoms with Crippen LogP contribution in [-0.2, 0) is 51.2 Å². The molecule has 3 aromatic rings. The van der Waals surface area contributed by atoms with Gasteiger partial charge >= 0.3 is 12.1 Å². The Hall–Kier alpha value is -7.20. The van der Waals surface area contributed by atoms with E-state index in [2.05, 4.69) is 41.9 Å². The van der Waals surface area contributed by atoms with Gasteiger partial charge in [-0.2, -0.15) is 13.2 Å². The third-order valence-electron chi connectivity index (χ3n) is 12.9. The van der Waals surface area contributed by atoms with Gasteiger partial charge in [0.1, 0.15) is 36.3 Å². The van der Waals surface area contributed by atoms with E-state index in [0.717, 1.165) is 54.1 Å². The van der Waals surface area contributed by atoms with Crippen molar-refractivity contribution in [1.29, 1.82) is 0 Å². The van der Waals surface area contributed by atoms with Crippen LogP contribution in [0.2, 0.25) is 0 Å². The lowest BCUT2D eigenvalue weighted by Crippen LogP contribution is -2.60. The summed E-state index contributed by atoms with van der Waals surface area (Å²) >= 11 is 0. The molecule has 1 aliphatic carbocycles. The second-order valence-electron chi connectivity index (χ2n) is 18.4. The first-order chi connectivity index (χ1) is 34.3. The van der Waals surface area contributed by atoms with Gasteiger partial charge in [-0.1, -0.05) is 80.6 Å².